The molecular weight excluding hydrogens is 444 g/mol. The quantitative estimate of drug-likeness (QED) is 0.678. The highest BCUT2D eigenvalue weighted by Gasteiger charge is 2.27. The van der Waals surface area contributed by atoms with Crippen LogP contribution in [0, 0.1) is 12.8 Å². The largest absolute Gasteiger partial charge is 0.298 e. The second kappa shape index (κ2) is 9.99. The molecule has 174 valence electrons. The molecular formula is C23H32N4O3S2. The predicted octanol–water partition coefficient (Wildman–Crippen LogP) is 4.11. The third-order valence-electron chi connectivity index (χ3n) is 6.44. The van der Waals surface area contributed by atoms with E-state index < -0.39 is 10.0 Å². The van der Waals surface area contributed by atoms with E-state index in [0.717, 1.165) is 56.1 Å². The van der Waals surface area contributed by atoms with Crippen molar-refractivity contribution in [2.24, 2.45) is 5.92 Å². The summed E-state index contributed by atoms with van der Waals surface area (Å²) in [5.74, 6) is 0.458. The van der Waals surface area contributed by atoms with E-state index in [-0.39, 0.29) is 10.8 Å². The van der Waals surface area contributed by atoms with Crippen LogP contribution < -0.4 is 5.32 Å². The van der Waals surface area contributed by atoms with Crippen molar-refractivity contribution in [3.63, 3.8) is 0 Å². The van der Waals surface area contributed by atoms with Gasteiger partial charge in [-0.15, -0.1) is 11.3 Å². The first-order valence-electron chi connectivity index (χ1n) is 11.4. The number of carbonyl (C=O) groups is 1. The number of amides is 1. The zero-order valence-electron chi connectivity index (χ0n) is 18.8. The molecule has 1 amide bonds. The Kier molecular flexibility index (Phi) is 7.29. The maximum atomic E-state index is 13.0. The Morgan fingerprint density at radius 2 is 1.88 bits per heavy atom. The number of piperidine rings is 2. The van der Waals surface area contributed by atoms with Crippen molar-refractivity contribution in [3.8, 4) is 0 Å². The molecule has 0 bridgehead atoms. The summed E-state index contributed by atoms with van der Waals surface area (Å²) >= 11 is 1.40. The fraction of sp³-hybridized carbons (Fsp3) is 0.565. The molecule has 7 nitrogen and oxygen atoms in total. The number of anilines is 1. The van der Waals surface area contributed by atoms with Gasteiger partial charge in [-0.3, -0.25) is 15.0 Å². The van der Waals surface area contributed by atoms with E-state index in [1.165, 1.54) is 34.6 Å². The number of nitrogens with zero attached hydrogens (tertiary/aromatic N) is 3. The summed E-state index contributed by atoms with van der Waals surface area (Å²) in [5, 5.41) is 5.39. The van der Waals surface area contributed by atoms with Crippen LogP contribution in [-0.4, -0.2) is 54.7 Å². The first-order valence-corrected chi connectivity index (χ1v) is 13.7. The molecule has 0 aliphatic carbocycles. The summed E-state index contributed by atoms with van der Waals surface area (Å²) in [6, 6.07) is 4.80. The molecule has 1 N–H and O–H groups in total. The summed E-state index contributed by atoms with van der Waals surface area (Å²) in [6.45, 7) is 8.14. The number of hydrogen-bond acceptors (Lipinski definition) is 6. The molecule has 32 heavy (non-hydrogen) atoms. The van der Waals surface area contributed by atoms with Crippen LogP contribution in [0.3, 0.4) is 0 Å². The van der Waals surface area contributed by atoms with Crippen LogP contribution >= 0.6 is 11.3 Å². The van der Waals surface area contributed by atoms with E-state index in [0.29, 0.717) is 23.8 Å². The van der Waals surface area contributed by atoms with Crippen LogP contribution in [0.4, 0.5) is 5.13 Å². The van der Waals surface area contributed by atoms with Crippen molar-refractivity contribution in [3.05, 3.63) is 40.4 Å². The Balaban J connectivity index is 1.44. The van der Waals surface area contributed by atoms with Crippen LogP contribution in [0.2, 0.25) is 0 Å². The summed E-state index contributed by atoms with van der Waals surface area (Å²) < 4.78 is 27.6. The average molecular weight is 477 g/mol. The van der Waals surface area contributed by atoms with Crippen molar-refractivity contribution in [2.45, 2.75) is 57.4 Å². The highest BCUT2D eigenvalue weighted by Crippen LogP contribution is 2.25. The van der Waals surface area contributed by atoms with E-state index in [9.17, 15) is 13.2 Å². The molecule has 0 atom stereocenters. The van der Waals surface area contributed by atoms with Gasteiger partial charge in [0.05, 0.1) is 10.6 Å². The van der Waals surface area contributed by atoms with Gasteiger partial charge in [0.25, 0.3) is 5.91 Å². The molecule has 1 aromatic carbocycles. The lowest BCUT2D eigenvalue weighted by Gasteiger charge is -2.29. The Hall–Kier alpha value is -1.81. The summed E-state index contributed by atoms with van der Waals surface area (Å²) in [6.07, 6.45) is 5.23. The van der Waals surface area contributed by atoms with Crippen molar-refractivity contribution in [1.82, 2.24) is 14.2 Å². The fourth-order valence-corrected chi connectivity index (χ4v) is 6.55. The van der Waals surface area contributed by atoms with E-state index >= 15 is 0 Å². The number of hydrogen-bond donors (Lipinski definition) is 1. The molecule has 1 aromatic heterocycles. The number of benzene rings is 1. The summed E-state index contributed by atoms with van der Waals surface area (Å²) in [7, 11) is -3.59. The van der Waals surface area contributed by atoms with Gasteiger partial charge < -0.3 is 0 Å². The Morgan fingerprint density at radius 1 is 1.16 bits per heavy atom. The lowest BCUT2D eigenvalue weighted by atomic mass is 9.99. The number of nitrogens with one attached hydrogen (secondary N) is 1. The van der Waals surface area contributed by atoms with Crippen LogP contribution in [0.25, 0.3) is 0 Å². The number of sulfonamides is 1. The van der Waals surface area contributed by atoms with Gasteiger partial charge >= 0.3 is 0 Å². The number of carbonyl (C=O) groups excluding carboxylic acids is 1. The maximum Gasteiger partial charge on any atom is 0.257 e. The van der Waals surface area contributed by atoms with Crippen LogP contribution in [-0.2, 0) is 16.6 Å². The second-order valence-electron chi connectivity index (χ2n) is 9.00. The molecule has 2 aliphatic rings. The van der Waals surface area contributed by atoms with Crippen LogP contribution in [0.5, 0.6) is 0 Å². The Morgan fingerprint density at radius 3 is 2.59 bits per heavy atom. The molecule has 4 rings (SSSR count). The fourth-order valence-electron chi connectivity index (χ4n) is 4.31. The molecule has 0 saturated carbocycles. The Bertz CT molecular complexity index is 1050. The van der Waals surface area contributed by atoms with Crippen molar-refractivity contribution >= 4 is 32.4 Å². The van der Waals surface area contributed by atoms with Gasteiger partial charge in [-0.25, -0.2) is 13.4 Å². The van der Waals surface area contributed by atoms with E-state index in [4.69, 9.17) is 0 Å². The molecule has 3 heterocycles. The number of aryl methyl sites for hydroxylation is 1. The van der Waals surface area contributed by atoms with Gasteiger partial charge in [0.2, 0.25) is 10.0 Å². The predicted molar refractivity (Wildman–Crippen MR) is 128 cm³/mol. The topological polar surface area (TPSA) is 82.6 Å². The van der Waals surface area contributed by atoms with Gasteiger partial charge in [0, 0.05) is 30.6 Å². The SMILES string of the molecule is Cc1ccc(S(=O)(=O)N2CCCCC2)cc1C(=O)Nc1nc(CN2CCC(C)CC2)cs1. The summed E-state index contributed by atoms with van der Waals surface area (Å²) in [5.41, 5.74) is 2.06. The number of likely N-dealkylation sites (tertiary alicyclic amines) is 1. The number of thiazole rings is 1. The zero-order chi connectivity index (χ0) is 22.7. The van der Waals surface area contributed by atoms with Gasteiger partial charge in [0.15, 0.2) is 5.13 Å². The van der Waals surface area contributed by atoms with Gasteiger partial charge in [-0.1, -0.05) is 19.4 Å². The molecule has 2 aliphatic heterocycles. The minimum Gasteiger partial charge on any atom is -0.298 e. The van der Waals surface area contributed by atoms with Crippen molar-refractivity contribution in [2.75, 3.05) is 31.5 Å². The van der Waals surface area contributed by atoms with E-state index in [1.54, 1.807) is 12.1 Å². The Labute approximate surface area is 194 Å². The smallest absolute Gasteiger partial charge is 0.257 e. The third kappa shape index (κ3) is 5.39. The van der Waals surface area contributed by atoms with Gasteiger partial charge in [-0.05, 0) is 69.3 Å². The van der Waals surface area contributed by atoms with Gasteiger partial charge in [0.1, 0.15) is 0 Å². The van der Waals surface area contributed by atoms with Crippen LogP contribution in [0.1, 0.15) is 60.6 Å². The highest BCUT2D eigenvalue weighted by atomic mass is 32.2. The average Bonchev–Trinajstić information content (AvgIpc) is 3.22. The molecule has 0 radical (unpaired) electrons. The minimum atomic E-state index is -3.59. The van der Waals surface area contributed by atoms with Gasteiger partial charge in [-0.2, -0.15) is 4.31 Å². The molecule has 0 spiro atoms. The second-order valence-corrected chi connectivity index (χ2v) is 11.8. The maximum absolute atomic E-state index is 13.0. The molecule has 2 saturated heterocycles. The highest BCUT2D eigenvalue weighted by molar-refractivity contribution is 7.89. The standard InChI is InChI=1S/C23H32N4O3S2/c1-17-8-12-26(13-9-17)15-19-16-31-23(24-19)25-22(28)21-14-20(7-6-18(21)2)32(29,30)27-10-4-3-5-11-27/h6-7,14,16-17H,3-5,8-13,15H2,1-2H3,(H,24,25,28). The normalized spacial score (nSPS) is 19.2. The monoisotopic (exact) mass is 476 g/mol. The minimum absolute atomic E-state index is 0.175. The molecule has 0 unspecified atom stereocenters. The van der Waals surface area contributed by atoms with E-state index in [1.807, 2.05) is 12.3 Å². The molecule has 2 fully saturated rings. The lowest BCUT2D eigenvalue weighted by Crippen LogP contribution is -2.35. The van der Waals surface area contributed by atoms with E-state index in [2.05, 4.69) is 22.1 Å². The van der Waals surface area contributed by atoms with Crippen molar-refractivity contribution < 1.29 is 13.2 Å². The zero-order valence-corrected chi connectivity index (χ0v) is 20.5. The van der Waals surface area contributed by atoms with Crippen molar-refractivity contribution in [1.29, 1.82) is 0 Å². The first kappa shape index (κ1) is 23.4. The molecule has 9 heteroatoms. The third-order valence-corrected chi connectivity index (χ3v) is 9.14. The lowest BCUT2D eigenvalue weighted by molar-refractivity contribution is 0.102. The molecule has 2 aromatic rings. The number of aromatic nitrogens is 1. The number of rotatable bonds is 6. The van der Waals surface area contributed by atoms with Crippen LogP contribution in [0.15, 0.2) is 28.5 Å². The summed E-state index contributed by atoms with van der Waals surface area (Å²) in [4.78, 5) is 20.1. The first-order chi connectivity index (χ1) is 15.3.